The highest BCUT2D eigenvalue weighted by atomic mass is 32.2. The summed E-state index contributed by atoms with van der Waals surface area (Å²) in [4.78, 5) is 10.0. The van der Waals surface area contributed by atoms with Crippen LogP contribution in [0, 0.1) is 10.1 Å². The molecule has 1 aromatic heterocycles. The predicted octanol–water partition coefficient (Wildman–Crippen LogP) is 0.838. The molecule has 1 aromatic carbocycles. The summed E-state index contributed by atoms with van der Waals surface area (Å²) in [6.45, 7) is -0.0141. The molecule has 0 radical (unpaired) electrons. The lowest BCUT2D eigenvalue weighted by atomic mass is 10.3. The molecule has 0 aliphatic heterocycles. The summed E-state index contributed by atoms with van der Waals surface area (Å²) in [6, 6.07) is 4.06. The standard InChI is InChI=1S/C11H13N5O4S/c1-12-9-3-2-4-10(11(9)16(17)18)21(19,20)15-7-8-5-13-14-6-8/h2-6,12,15H,7H2,1H3,(H,13,14). The maximum absolute atomic E-state index is 12.2. The number of rotatable bonds is 6. The van der Waals surface area contributed by atoms with Crippen LogP contribution in [-0.4, -0.2) is 30.6 Å². The first kappa shape index (κ1) is 14.9. The summed E-state index contributed by atoms with van der Waals surface area (Å²) >= 11 is 0. The topological polar surface area (TPSA) is 130 Å². The second-order valence-corrected chi connectivity index (χ2v) is 5.83. The van der Waals surface area contributed by atoms with Gasteiger partial charge >= 0.3 is 5.69 Å². The summed E-state index contributed by atoms with van der Waals surface area (Å²) in [5.41, 5.74) is 0.261. The Morgan fingerprint density at radius 3 is 2.76 bits per heavy atom. The number of aromatic amines is 1. The molecule has 0 spiro atoms. The predicted molar refractivity (Wildman–Crippen MR) is 75.3 cm³/mol. The SMILES string of the molecule is CNc1cccc(S(=O)(=O)NCc2cn[nH]c2)c1[N+](=O)[O-]. The number of para-hydroxylation sites is 1. The van der Waals surface area contributed by atoms with Crippen molar-refractivity contribution >= 4 is 21.4 Å². The number of hydrogen-bond donors (Lipinski definition) is 3. The third-order valence-electron chi connectivity index (χ3n) is 2.76. The number of nitrogens with zero attached hydrogens (tertiary/aromatic N) is 2. The summed E-state index contributed by atoms with van der Waals surface area (Å²) in [5.74, 6) is 0. The normalized spacial score (nSPS) is 11.3. The number of nitro benzene ring substituents is 1. The monoisotopic (exact) mass is 311 g/mol. The van der Waals surface area contributed by atoms with E-state index in [4.69, 9.17) is 0 Å². The van der Waals surface area contributed by atoms with Gasteiger partial charge in [0.05, 0.1) is 11.1 Å². The van der Waals surface area contributed by atoms with Crippen molar-refractivity contribution in [3.63, 3.8) is 0 Å². The molecule has 9 nitrogen and oxygen atoms in total. The highest BCUT2D eigenvalue weighted by Crippen LogP contribution is 2.31. The van der Waals surface area contributed by atoms with Gasteiger partial charge in [-0.05, 0) is 12.1 Å². The Balaban J connectivity index is 2.37. The summed E-state index contributed by atoms with van der Waals surface area (Å²) in [5, 5.41) is 20.0. The van der Waals surface area contributed by atoms with Crippen molar-refractivity contribution in [3.05, 3.63) is 46.3 Å². The summed E-state index contributed by atoms with van der Waals surface area (Å²) < 4.78 is 26.8. The van der Waals surface area contributed by atoms with Crippen LogP contribution in [0.4, 0.5) is 11.4 Å². The fourth-order valence-electron chi connectivity index (χ4n) is 1.76. The molecule has 0 amide bonds. The average Bonchev–Trinajstić information content (AvgIpc) is 2.97. The molecule has 0 fully saturated rings. The first-order chi connectivity index (χ1) is 9.95. The van der Waals surface area contributed by atoms with Gasteiger partial charge in [0.15, 0.2) is 4.90 Å². The molecular formula is C11H13N5O4S. The fraction of sp³-hybridized carbons (Fsp3) is 0.182. The Morgan fingerprint density at radius 1 is 1.43 bits per heavy atom. The van der Waals surface area contributed by atoms with Crippen LogP contribution in [0.2, 0.25) is 0 Å². The van der Waals surface area contributed by atoms with E-state index >= 15 is 0 Å². The van der Waals surface area contributed by atoms with Gasteiger partial charge in [0.2, 0.25) is 10.0 Å². The van der Waals surface area contributed by atoms with E-state index in [0.717, 1.165) is 0 Å². The zero-order chi connectivity index (χ0) is 15.5. The first-order valence-electron chi connectivity index (χ1n) is 5.88. The third-order valence-corrected chi connectivity index (χ3v) is 4.19. The molecule has 0 aliphatic carbocycles. The Morgan fingerprint density at radius 2 is 2.19 bits per heavy atom. The lowest BCUT2D eigenvalue weighted by Crippen LogP contribution is -2.24. The van der Waals surface area contributed by atoms with Crippen LogP contribution < -0.4 is 10.0 Å². The van der Waals surface area contributed by atoms with Crippen LogP contribution in [0.1, 0.15) is 5.56 Å². The molecule has 2 aromatic rings. The molecular weight excluding hydrogens is 298 g/mol. The Hall–Kier alpha value is -2.46. The minimum Gasteiger partial charge on any atom is -0.383 e. The van der Waals surface area contributed by atoms with Gasteiger partial charge in [0.25, 0.3) is 0 Å². The Labute approximate surface area is 120 Å². The largest absolute Gasteiger partial charge is 0.383 e. The number of nitrogens with one attached hydrogen (secondary N) is 3. The number of H-pyrrole nitrogens is 1. The van der Waals surface area contributed by atoms with E-state index in [1.165, 1.54) is 37.6 Å². The summed E-state index contributed by atoms with van der Waals surface area (Å²) in [6.07, 6.45) is 2.99. The fourth-order valence-corrected chi connectivity index (χ4v) is 2.97. The third kappa shape index (κ3) is 3.17. The van der Waals surface area contributed by atoms with E-state index in [9.17, 15) is 18.5 Å². The molecule has 0 bridgehead atoms. The van der Waals surface area contributed by atoms with Crippen LogP contribution in [0.15, 0.2) is 35.5 Å². The number of hydrogen-bond acceptors (Lipinski definition) is 6. The van der Waals surface area contributed by atoms with Gasteiger partial charge in [0.1, 0.15) is 5.69 Å². The van der Waals surface area contributed by atoms with E-state index in [1.54, 1.807) is 0 Å². The lowest BCUT2D eigenvalue weighted by molar-refractivity contribution is -0.386. The number of nitro groups is 1. The second kappa shape index (κ2) is 5.89. The number of sulfonamides is 1. The first-order valence-corrected chi connectivity index (χ1v) is 7.36. The minimum absolute atomic E-state index is 0.0141. The quantitative estimate of drug-likeness (QED) is 0.535. The molecule has 0 atom stereocenters. The van der Waals surface area contributed by atoms with Crippen LogP contribution in [0.25, 0.3) is 0 Å². The number of anilines is 1. The lowest BCUT2D eigenvalue weighted by Gasteiger charge is -2.09. The van der Waals surface area contributed by atoms with Crippen LogP contribution >= 0.6 is 0 Å². The van der Waals surface area contributed by atoms with E-state index < -0.39 is 20.6 Å². The smallest absolute Gasteiger partial charge is 0.312 e. The van der Waals surface area contributed by atoms with E-state index in [1.807, 2.05) is 0 Å². The molecule has 21 heavy (non-hydrogen) atoms. The van der Waals surface area contributed by atoms with Crippen molar-refractivity contribution in [2.24, 2.45) is 0 Å². The molecule has 10 heteroatoms. The van der Waals surface area contributed by atoms with Crippen molar-refractivity contribution in [1.29, 1.82) is 0 Å². The maximum Gasteiger partial charge on any atom is 0.312 e. The Bertz CT molecular complexity index is 742. The van der Waals surface area contributed by atoms with Gasteiger partial charge in [-0.2, -0.15) is 5.10 Å². The van der Waals surface area contributed by atoms with Gasteiger partial charge in [-0.1, -0.05) is 6.07 Å². The van der Waals surface area contributed by atoms with E-state index in [-0.39, 0.29) is 17.1 Å². The van der Waals surface area contributed by atoms with Crippen molar-refractivity contribution in [1.82, 2.24) is 14.9 Å². The zero-order valence-corrected chi connectivity index (χ0v) is 11.8. The van der Waals surface area contributed by atoms with Gasteiger partial charge in [-0.3, -0.25) is 15.2 Å². The van der Waals surface area contributed by atoms with Gasteiger partial charge in [-0.25, -0.2) is 13.1 Å². The second-order valence-electron chi connectivity index (χ2n) is 4.09. The van der Waals surface area contributed by atoms with Gasteiger partial charge < -0.3 is 5.32 Å². The van der Waals surface area contributed by atoms with Crippen molar-refractivity contribution in [2.45, 2.75) is 11.4 Å². The molecule has 0 saturated carbocycles. The number of aromatic nitrogens is 2. The average molecular weight is 311 g/mol. The molecule has 3 N–H and O–H groups in total. The molecule has 1 heterocycles. The van der Waals surface area contributed by atoms with Crippen LogP contribution in [0.5, 0.6) is 0 Å². The number of benzene rings is 1. The van der Waals surface area contributed by atoms with E-state index in [2.05, 4.69) is 20.2 Å². The molecule has 0 saturated heterocycles. The van der Waals surface area contributed by atoms with E-state index in [0.29, 0.717) is 5.56 Å². The minimum atomic E-state index is -4.02. The van der Waals surface area contributed by atoms with Crippen molar-refractivity contribution < 1.29 is 13.3 Å². The molecule has 0 unspecified atom stereocenters. The van der Waals surface area contributed by atoms with Crippen LogP contribution in [-0.2, 0) is 16.6 Å². The maximum atomic E-state index is 12.2. The van der Waals surface area contributed by atoms with Crippen molar-refractivity contribution in [3.8, 4) is 0 Å². The van der Waals surface area contributed by atoms with Gasteiger partial charge in [0, 0.05) is 25.4 Å². The zero-order valence-electron chi connectivity index (χ0n) is 11.0. The highest BCUT2D eigenvalue weighted by Gasteiger charge is 2.28. The summed E-state index contributed by atoms with van der Waals surface area (Å²) in [7, 11) is -2.53. The van der Waals surface area contributed by atoms with Crippen LogP contribution in [0.3, 0.4) is 0 Å². The van der Waals surface area contributed by atoms with Crippen molar-refractivity contribution in [2.75, 3.05) is 12.4 Å². The molecule has 2 rings (SSSR count). The molecule has 112 valence electrons. The van der Waals surface area contributed by atoms with Gasteiger partial charge in [-0.15, -0.1) is 0 Å². The Kier molecular flexibility index (Phi) is 4.19. The molecule has 0 aliphatic rings. The highest BCUT2D eigenvalue weighted by molar-refractivity contribution is 7.89.